The second kappa shape index (κ2) is 7.44. The molecule has 8 heteroatoms. The van der Waals surface area contributed by atoms with E-state index in [1.807, 2.05) is 0 Å². The first-order valence-corrected chi connectivity index (χ1v) is 8.12. The number of carbonyl (C=O) groups excluding carboxylic acids is 1. The van der Waals surface area contributed by atoms with Crippen LogP contribution in [0.15, 0.2) is 24.3 Å². The van der Waals surface area contributed by atoms with Gasteiger partial charge in [-0.2, -0.15) is 15.0 Å². The zero-order chi connectivity index (χ0) is 16.9. The number of methoxy groups -OCH3 is 1. The SMILES string of the molecule is COc1nc(CNC(=O)c2ccccc2Cl)nc(N2CCCC2)n1. The van der Waals surface area contributed by atoms with Crippen LogP contribution in [0.25, 0.3) is 0 Å². The number of nitrogens with one attached hydrogen (secondary N) is 1. The average Bonchev–Trinajstić information content (AvgIpc) is 3.14. The van der Waals surface area contributed by atoms with Crippen molar-refractivity contribution in [3.63, 3.8) is 0 Å². The molecule has 0 spiro atoms. The standard InChI is InChI=1S/C16H18ClN5O2/c1-24-16-20-13(19-15(21-16)22-8-4-5-9-22)10-18-14(23)11-6-2-3-7-12(11)17/h2-3,6-7H,4-5,8-10H2,1H3,(H,18,23). The zero-order valence-electron chi connectivity index (χ0n) is 13.3. The summed E-state index contributed by atoms with van der Waals surface area (Å²) in [6.07, 6.45) is 2.24. The summed E-state index contributed by atoms with van der Waals surface area (Å²) < 4.78 is 5.14. The second-order valence-corrected chi connectivity index (χ2v) is 5.80. The van der Waals surface area contributed by atoms with Gasteiger partial charge >= 0.3 is 6.01 Å². The van der Waals surface area contributed by atoms with Crippen molar-refractivity contribution in [3.05, 3.63) is 40.7 Å². The quantitative estimate of drug-likeness (QED) is 0.891. The Morgan fingerprint density at radius 3 is 2.71 bits per heavy atom. The average molecular weight is 348 g/mol. The van der Waals surface area contributed by atoms with Crippen LogP contribution in [0.1, 0.15) is 29.0 Å². The van der Waals surface area contributed by atoms with Crippen LogP contribution in [0.5, 0.6) is 6.01 Å². The number of halogens is 1. The van der Waals surface area contributed by atoms with E-state index in [0.717, 1.165) is 25.9 Å². The number of hydrogen-bond acceptors (Lipinski definition) is 6. The lowest BCUT2D eigenvalue weighted by atomic mass is 10.2. The Balaban J connectivity index is 1.73. The van der Waals surface area contributed by atoms with Gasteiger partial charge in [0.15, 0.2) is 5.82 Å². The predicted octanol–water partition coefficient (Wildman–Crippen LogP) is 2.06. The molecule has 0 aliphatic carbocycles. The maximum atomic E-state index is 12.2. The molecule has 126 valence electrons. The van der Waals surface area contributed by atoms with E-state index < -0.39 is 0 Å². The van der Waals surface area contributed by atoms with Gasteiger partial charge in [0.05, 0.1) is 24.2 Å². The smallest absolute Gasteiger partial charge is 0.321 e. The van der Waals surface area contributed by atoms with E-state index in [1.165, 1.54) is 7.11 Å². The third-order valence-corrected chi connectivity index (χ3v) is 4.08. The lowest BCUT2D eigenvalue weighted by molar-refractivity contribution is 0.0950. The highest BCUT2D eigenvalue weighted by atomic mass is 35.5. The van der Waals surface area contributed by atoms with Gasteiger partial charge < -0.3 is 15.0 Å². The van der Waals surface area contributed by atoms with Crippen molar-refractivity contribution in [2.24, 2.45) is 0 Å². The largest absolute Gasteiger partial charge is 0.467 e. The molecule has 2 aromatic rings. The Morgan fingerprint density at radius 1 is 1.25 bits per heavy atom. The first-order valence-electron chi connectivity index (χ1n) is 7.74. The first-order chi connectivity index (χ1) is 11.7. The monoisotopic (exact) mass is 347 g/mol. The van der Waals surface area contributed by atoms with E-state index in [4.69, 9.17) is 16.3 Å². The maximum absolute atomic E-state index is 12.2. The fourth-order valence-electron chi connectivity index (χ4n) is 2.52. The van der Waals surface area contributed by atoms with Gasteiger partial charge in [-0.05, 0) is 25.0 Å². The summed E-state index contributed by atoms with van der Waals surface area (Å²) in [5, 5.41) is 3.18. The van der Waals surface area contributed by atoms with Crippen molar-refractivity contribution in [3.8, 4) is 6.01 Å². The van der Waals surface area contributed by atoms with Crippen molar-refractivity contribution >= 4 is 23.5 Å². The Labute approximate surface area is 145 Å². The molecule has 0 atom stereocenters. The molecule has 3 rings (SSSR count). The van der Waals surface area contributed by atoms with Crippen LogP contribution in [-0.2, 0) is 6.54 Å². The van der Waals surface area contributed by atoms with Crippen molar-refractivity contribution in [1.29, 1.82) is 0 Å². The minimum absolute atomic E-state index is 0.170. The van der Waals surface area contributed by atoms with Crippen molar-refractivity contribution in [2.75, 3.05) is 25.1 Å². The number of hydrogen-bond donors (Lipinski definition) is 1. The molecule has 2 heterocycles. The van der Waals surface area contributed by atoms with Gasteiger partial charge in [0.1, 0.15) is 0 Å². The number of amides is 1. The molecule has 0 bridgehead atoms. The summed E-state index contributed by atoms with van der Waals surface area (Å²) in [7, 11) is 1.51. The van der Waals surface area contributed by atoms with Gasteiger partial charge in [0.25, 0.3) is 5.91 Å². The maximum Gasteiger partial charge on any atom is 0.321 e. The van der Waals surface area contributed by atoms with Gasteiger partial charge in [0.2, 0.25) is 5.95 Å². The summed E-state index contributed by atoms with van der Waals surface area (Å²) in [5.74, 6) is 0.758. The minimum Gasteiger partial charge on any atom is -0.467 e. The Kier molecular flexibility index (Phi) is 5.10. The molecular formula is C16H18ClN5O2. The van der Waals surface area contributed by atoms with Crippen LogP contribution in [-0.4, -0.2) is 41.1 Å². The van der Waals surface area contributed by atoms with Crippen LogP contribution in [0.2, 0.25) is 5.02 Å². The number of anilines is 1. The lowest BCUT2D eigenvalue weighted by Gasteiger charge is -2.16. The van der Waals surface area contributed by atoms with E-state index in [0.29, 0.717) is 22.4 Å². The number of rotatable bonds is 5. The molecule has 1 aliphatic rings. The van der Waals surface area contributed by atoms with Gasteiger partial charge in [-0.25, -0.2) is 0 Å². The van der Waals surface area contributed by atoms with E-state index in [-0.39, 0.29) is 18.5 Å². The number of nitrogens with zero attached hydrogens (tertiary/aromatic N) is 4. The molecule has 7 nitrogen and oxygen atoms in total. The van der Waals surface area contributed by atoms with Crippen LogP contribution in [0.3, 0.4) is 0 Å². The normalized spacial score (nSPS) is 13.8. The topological polar surface area (TPSA) is 80.2 Å². The molecule has 1 saturated heterocycles. The molecule has 24 heavy (non-hydrogen) atoms. The Morgan fingerprint density at radius 2 is 2.00 bits per heavy atom. The van der Waals surface area contributed by atoms with E-state index in [2.05, 4.69) is 25.2 Å². The van der Waals surface area contributed by atoms with Gasteiger partial charge in [-0.3, -0.25) is 4.79 Å². The summed E-state index contributed by atoms with van der Waals surface area (Å²) in [4.78, 5) is 27.2. The number of ether oxygens (including phenoxy) is 1. The fraction of sp³-hybridized carbons (Fsp3) is 0.375. The number of aromatic nitrogens is 3. The van der Waals surface area contributed by atoms with Gasteiger partial charge in [0, 0.05) is 13.1 Å². The summed E-state index contributed by atoms with van der Waals surface area (Å²) in [5.41, 5.74) is 0.417. The second-order valence-electron chi connectivity index (χ2n) is 5.40. The summed E-state index contributed by atoms with van der Waals surface area (Å²) in [6.45, 7) is 2.00. The third-order valence-electron chi connectivity index (χ3n) is 3.75. The van der Waals surface area contributed by atoms with E-state index >= 15 is 0 Å². The fourth-order valence-corrected chi connectivity index (χ4v) is 2.74. The highest BCUT2D eigenvalue weighted by molar-refractivity contribution is 6.33. The zero-order valence-corrected chi connectivity index (χ0v) is 14.1. The number of carbonyl (C=O) groups is 1. The van der Waals surface area contributed by atoms with Crippen molar-refractivity contribution < 1.29 is 9.53 Å². The number of benzene rings is 1. The summed E-state index contributed by atoms with van der Waals surface area (Å²) >= 11 is 6.03. The molecule has 0 saturated carbocycles. The molecule has 1 N–H and O–H groups in total. The first kappa shape index (κ1) is 16.4. The Hall–Kier alpha value is -2.41. The molecule has 1 fully saturated rings. The van der Waals surface area contributed by atoms with Crippen LogP contribution >= 0.6 is 11.6 Å². The Bertz CT molecular complexity index is 734. The molecular weight excluding hydrogens is 330 g/mol. The molecule has 1 aliphatic heterocycles. The van der Waals surface area contributed by atoms with Crippen molar-refractivity contribution in [2.45, 2.75) is 19.4 Å². The molecule has 0 unspecified atom stereocenters. The molecule has 0 radical (unpaired) electrons. The van der Waals surface area contributed by atoms with Crippen molar-refractivity contribution in [1.82, 2.24) is 20.3 Å². The van der Waals surface area contributed by atoms with Crippen LogP contribution < -0.4 is 15.0 Å². The molecule has 1 aromatic heterocycles. The third kappa shape index (κ3) is 3.73. The van der Waals surface area contributed by atoms with Gasteiger partial charge in [-0.1, -0.05) is 23.7 Å². The van der Waals surface area contributed by atoms with Crippen LogP contribution in [0, 0.1) is 0 Å². The lowest BCUT2D eigenvalue weighted by Crippen LogP contribution is -2.26. The highest BCUT2D eigenvalue weighted by Crippen LogP contribution is 2.18. The molecule has 1 amide bonds. The predicted molar refractivity (Wildman–Crippen MR) is 90.4 cm³/mol. The highest BCUT2D eigenvalue weighted by Gasteiger charge is 2.18. The van der Waals surface area contributed by atoms with Crippen LogP contribution in [0.4, 0.5) is 5.95 Å². The molecule has 1 aromatic carbocycles. The summed E-state index contributed by atoms with van der Waals surface area (Å²) in [6, 6.07) is 7.13. The van der Waals surface area contributed by atoms with E-state index in [9.17, 15) is 4.79 Å². The van der Waals surface area contributed by atoms with E-state index in [1.54, 1.807) is 24.3 Å². The van der Waals surface area contributed by atoms with Gasteiger partial charge in [-0.15, -0.1) is 0 Å². The minimum atomic E-state index is -0.275.